The van der Waals surface area contributed by atoms with Crippen LogP contribution in [0.3, 0.4) is 0 Å². The van der Waals surface area contributed by atoms with E-state index in [2.05, 4.69) is 39.6 Å². The number of halogens is 2. The van der Waals surface area contributed by atoms with Crippen LogP contribution >= 0.6 is 23.2 Å². The summed E-state index contributed by atoms with van der Waals surface area (Å²) < 4.78 is 1.68. The Kier molecular flexibility index (Phi) is 5.18. The first-order chi connectivity index (χ1) is 11.5. The fourth-order valence-corrected chi connectivity index (χ4v) is 2.83. The molecule has 0 aliphatic carbocycles. The van der Waals surface area contributed by atoms with Gasteiger partial charge in [0.25, 0.3) is 0 Å². The second-order valence-corrected chi connectivity index (χ2v) is 6.56. The molecule has 0 bridgehead atoms. The molecule has 0 radical (unpaired) electrons. The normalized spacial score (nSPS) is 11.4. The van der Waals surface area contributed by atoms with Gasteiger partial charge in [0.05, 0.1) is 5.02 Å². The Morgan fingerprint density at radius 1 is 1.12 bits per heavy atom. The van der Waals surface area contributed by atoms with Crippen LogP contribution in [0.4, 0.5) is 5.82 Å². The highest BCUT2D eigenvalue weighted by Crippen LogP contribution is 2.29. The Hall–Kier alpha value is -1.89. The largest absolute Gasteiger partial charge is 0.369 e. The van der Waals surface area contributed by atoms with Crippen LogP contribution in [0, 0.1) is 0 Å². The lowest BCUT2D eigenvalue weighted by Gasteiger charge is -2.10. The van der Waals surface area contributed by atoms with E-state index < -0.39 is 0 Å². The molecule has 3 rings (SSSR count). The highest BCUT2D eigenvalue weighted by molar-refractivity contribution is 6.36. The van der Waals surface area contributed by atoms with Crippen molar-refractivity contribution in [1.29, 1.82) is 0 Å². The fraction of sp³-hybridized carbons (Fsp3) is 0.312. The van der Waals surface area contributed by atoms with Gasteiger partial charge < -0.3 is 10.2 Å². The quantitative estimate of drug-likeness (QED) is 0.678. The minimum absolute atomic E-state index is 0.517. The molecule has 2 heterocycles. The van der Waals surface area contributed by atoms with Crippen molar-refractivity contribution >= 4 is 34.7 Å². The second-order valence-electron chi connectivity index (χ2n) is 5.72. The Labute approximate surface area is 150 Å². The van der Waals surface area contributed by atoms with Crippen molar-refractivity contribution in [3.63, 3.8) is 0 Å². The molecule has 8 heteroatoms. The lowest BCUT2D eigenvalue weighted by Crippen LogP contribution is -2.16. The van der Waals surface area contributed by atoms with E-state index in [1.165, 1.54) is 0 Å². The van der Waals surface area contributed by atoms with Gasteiger partial charge in [-0.25, -0.2) is 0 Å². The number of hydrogen-bond acceptors (Lipinski definition) is 5. The number of hydrogen-bond donors (Lipinski definition) is 1. The Morgan fingerprint density at radius 3 is 2.71 bits per heavy atom. The van der Waals surface area contributed by atoms with Crippen LogP contribution in [-0.4, -0.2) is 51.9 Å². The van der Waals surface area contributed by atoms with Gasteiger partial charge in [0.15, 0.2) is 11.5 Å². The molecule has 2 aromatic heterocycles. The van der Waals surface area contributed by atoms with E-state index in [1.807, 2.05) is 18.2 Å². The summed E-state index contributed by atoms with van der Waals surface area (Å²) in [5.74, 6) is 1.36. The van der Waals surface area contributed by atoms with Crippen LogP contribution in [0.25, 0.3) is 17.0 Å². The molecule has 6 nitrogen and oxygen atoms in total. The van der Waals surface area contributed by atoms with Gasteiger partial charge in [-0.2, -0.15) is 4.52 Å². The first-order valence-corrected chi connectivity index (χ1v) is 8.36. The van der Waals surface area contributed by atoms with E-state index in [9.17, 15) is 0 Å². The molecule has 0 saturated carbocycles. The number of nitrogens with zero attached hydrogens (tertiary/aromatic N) is 5. The summed E-state index contributed by atoms with van der Waals surface area (Å²) >= 11 is 12.2. The molecule has 3 aromatic rings. The van der Waals surface area contributed by atoms with Crippen molar-refractivity contribution in [3.8, 4) is 11.4 Å². The Bertz CT molecular complexity index is 846. The van der Waals surface area contributed by atoms with Crippen LogP contribution in [-0.2, 0) is 0 Å². The molecular formula is C16H18Cl2N6. The molecule has 1 aromatic carbocycles. The van der Waals surface area contributed by atoms with Crippen molar-refractivity contribution in [1.82, 2.24) is 24.7 Å². The SMILES string of the molecule is CN(C)CCCNc1ccc2nnc(-c3ccc(Cl)cc3Cl)n2n1. The van der Waals surface area contributed by atoms with Gasteiger partial charge in [0, 0.05) is 17.1 Å². The third-order valence-corrected chi connectivity index (χ3v) is 4.07. The van der Waals surface area contributed by atoms with Crippen molar-refractivity contribution in [2.24, 2.45) is 0 Å². The summed E-state index contributed by atoms with van der Waals surface area (Å²) in [5, 5.41) is 17.3. The van der Waals surface area contributed by atoms with Crippen LogP contribution in [0.1, 0.15) is 6.42 Å². The zero-order chi connectivity index (χ0) is 17.1. The van der Waals surface area contributed by atoms with Gasteiger partial charge in [-0.3, -0.25) is 0 Å². The number of fused-ring (bicyclic) bond motifs is 1. The molecular weight excluding hydrogens is 347 g/mol. The minimum atomic E-state index is 0.517. The van der Waals surface area contributed by atoms with Crippen LogP contribution in [0.2, 0.25) is 10.0 Å². The van der Waals surface area contributed by atoms with Crippen molar-refractivity contribution in [2.45, 2.75) is 6.42 Å². The topological polar surface area (TPSA) is 58.3 Å². The molecule has 1 N–H and O–H groups in total. The minimum Gasteiger partial charge on any atom is -0.369 e. The standard InChI is InChI=1S/C16H18Cl2N6/c1-23(2)9-3-8-19-14-6-7-15-20-21-16(24(15)22-14)12-5-4-11(17)10-13(12)18/h4-7,10H,3,8-9H2,1-2H3,(H,19,22). The van der Waals surface area contributed by atoms with E-state index in [1.54, 1.807) is 16.6 Å². The predicted octanol–water partition coefficient (Wildman–Crippen LogP) is 3.46. The summed E-state index contributed by atoms with van der Waals surface area (Å²) in [4.78, 5) is 2.15. The molecule has 126 valence electrons. The summed E-state index contributed by atoms with van der Waals surface area (Å²) in [6.45, 7) is 1.86. The zero-order valence-electron chi connectivity index (χ0n) is 13.5. The van der Waals surface area contributed by atoms with Crippen molar-refractivity contribution in [3.05, 3.63) is 40.4 Å². The molecule has 0 spiro atoms. The molecule has 0 fully saturated rings. The summed E-state index contributed by atoms with van der Waals surface area (Å²) in [6.07, 6.45) is 1.03. The average Bonchev–Trinajstić information content (AvgIpc) is 2.94. The lowest BCUT2D eigenvalue weighted by atomic mass is 10.2. The molecule has 0 amide bonds. The second kappa shape index (κ2) is 7.34. The predicted molar refractivity (Wildman–Crippen MR) is 97.9 cm³/mol. The summed E-state index contributed by atoms with van der Waals surface area (Å²) in [6, 6.07) is 9.05. The van der Waals surface area contributed by atoms with Gasteiger partial charge >= 0.3 is 0 Å². The molecule has 0 saturated heterocycles. The summed E-state index contributed by atoms with van der Waals surface area (Å²) in [5.41, 5.74) is 1.40. The van der Waals surface area contributed by atoms with Crippen LogP contribution in [0.15, 0.2) is 30.3 Å². The van der Waals surface area contributed by atoms with Gasteiger partial charge in [-0.15, -0.1) is 15.3 Å². The lowest BCUT2D eigenvalue weighted by molar-refractivity contribution is 0.405. The third kappa shape index (κ3) is 3.77. The maximum absolute atomic E-state index is 6.28. The fourth-order valence-electron chi connectivity index (χ4n) is 2.33. The van der Waals surface area contributed by atoms with Gasteiger partial charge in [0.1, 0.15) is 5.82 Å². The molecule has 0 aliphatic heterocycles. The van der Waals surface area contributed by atoms with Crippen LogP contribution in [0.5, 0.6) is 0 Å². The first kappa shape index (κ1) is 17.0. The van der Waals surface area contributed by atoms with E-state index >= 15 is 0 Å². The monoisotopic (exact) mass is 364 g/mol. The number of aromatic nitrogens is 4. The van der Waals surface area contributed by atoms with Gasteiger partial charge in [-0.05, 0) is 57.4 Å². The third-order valence-electron chi connectivity index (χ3n) is 3.52. The van der Waals surface area contributed by atoms with Gasteiger partial charge in [0.2, 0.25) is 0 Å². The van der Waals surface area contributed by atoms with Crippen LogP contribution < -0.4 is 5.32 Å². The summed E-state index contributed by atoms with van der Waals surface area (Å²) in [7, 11) is 4.12. The number of benzene rings is 1. The smallest absolute Gasteiger partial charge is 0.186 e. The number of rotatable bonds is 6. The maximum atomic E-state index is 6.28. The van der Waals surface area contributed by atoms with E-state index in [-0.39, 0.29) is 0 Å². The van der Waals surface area contributed by atoms with Crippen molar-refractivity contribution in [2.75, 3.05) is 32.5 Å². The first-order valence-electron chi connectivity index (χ1n) is 7.61. The number of nitrogens with one attached hydrogen (secondary N) is 1. The zero-order valence-corrected chi connectivity index (χ0v) is 15.0. The van der Waals surface area contributed by atoms with E-state index in [4.69, 9.17) is 23.2 Å². The van der Waals surface area contributed by atoms with Crippen molar-refractivity contribution < 1.29 is 0 Å². The van der Waals surface area contributed by atoms with E-state index in [0.29, 0.717) is 21.5 Å². The molecule has 0 aliphatic rings. The molecule has 0 unspecified atom stereocenters. The molecule has 24 heavy (non-hydrogen) atoms. The Balaban J connectivity index is 1.86. The highest BCUT2D eigenvalue weighted by Gasteiger charge is 2.13. The van der Waals surface area contributed by atoms with Gasteiger partial charge in [-0.1, -0.05) is 23.2 Å². The maximum Gasteiger partial charge on any atom is 0.186 e. The van der Waals surface area contributed by atoms with E-state index in [0.717, 1.165) is 30.9 Å². The Morgan fingerprint density at radius 2 is 1.96 bits per heavy atom. The number of anilines is 1. The highest BCUT2D eigenvalue weighted by atomic mass is 35.5. The molecule has 0 atom stereocenters. The average molecular weight is 365 g/mol.